The first-order chi connectivity index (χ1) is 8.77. The topological polar surface area (TPSA) is 53.1 Å². The molecule has 2 N–H and O–H groups in total. The van der Waals surface area contributed by atoms with Gasteiger partial charge in [0.1, 0.15) is 5.82 Å². The molecule has 0 saturated heterocycles. The van der Waals surface area contributed by atoms with E-state index in [9.17, 15) is 0 Å². The van der Waals surface area contributed by atoms with Crippen molar-refractivity contribution in [3.05, 3.63) is 30.1 Å². The predicted molar refractivity (Wildman–Crippen MR) is 73.7 cm³/mol. The van der Waals surface area contributed by atoms with Gasteiger partial charge in [0.2, 0.25) is 0 Å². The van der Waals surface area contributed by atoms with E-state index in [0.29, 0.717) is 12.6 Å². The summed E-state index contributed by atoms with van der Waals surface area (Å²) in [5.41, 5.74) is 7.90. The fraction of sp³-hybridized carbons (Fsp3) is 0.500. The molecule has 1 aromatic heterocycles. The third-order valence-electron chi connectivity index (χ3n) is 3.22. The number of imidazole rings is 1. The molecular formula is C14H21N3O. The van der Waals surface area contributed by atoms with E-state index in [1.807, 2.05) is 6.07 Å². The summed E-state index contributed by atoms with van der Waals surface area (Å²) in [5.74, 6) is 1.07. The highest BCUT2D eigenvalue weighted by Crippen LogP contribution is 2.23. The highest BCUT2D eigenvalue weighted by Gasteiger charge is 2.14. The van der Waals surface area contributed by atoms with Gasteiger partial charge in [-0.25, -0.2) is 4.98 Å². The van der Waals surface area contributed by atoms with Crippen LogP contribution >= 0.6 is 0 Å². The molecule has 0 fully saturated rings. The molecule has 2 aromatic rings. The largest absolute Gasteiger partial charge is 0.385 e. The van der Waals surface area contributed by atoms with Crippen molar-refractivity contribution < 1.29 is 4.74 Å². The summed E-state index contributed by atoms with van der Waals surface area (Å²) in [7, 11) is 1.74. The van der Waals surface area contributed by atoms with E-state index in [1.165, 1.54) is 5.52 Å². The Morgan fingerprint density at radius 1 is 1.39 bits per heavy atom. The number of nitrogens with zero attached hydrogens (tertiary/aromatic N) is 2. The molecule has 0 amide bonds. The van der Waals surface area contributed by atoms with Crippen molar-refractivity contribution in [2.24, 2.45) is 5.73 Å². The van der Waals surface area contributed by atoms with Crippen molar-refractivity contribution >= 4 is 11.0 Å². The van der Waals surface area contributed by atoms with E-state index in [0.717, 1.165) is 30.8 Å². The molecule has 18 heavy (non-hydrogen) atoms. The van der Waals surface area contributed by atoms with E-state index < -0.39 is 0 Å². The zero-order valence-electron chi connectivity index (χ0n) is 11.1. The van der Waals surface area contributed by atoms with Crippen molar-refractivity contribution in [1.82, 2.24) is 9.55 Å². The number of para-hydroxylation sites is 2. The molecule has 2 rings (SSSR count). The zero-order chi connectivity index (χ0) is 13.0. The number of benzene rings is 1. The van der Waals surface area contributed by atoms with Gasteiger partial charge in [-0.3, -0.25) is 0 Å². The van der Waals surface area contributed by atoms with Gasteiger partial charge in [0.05, 0.1) is 11.0 Å². The van der Waals surface area contributed by atoms with Crippen LogP contribution in [0.2, 0.25) is 0 Å². The lowest BCUT2D eigenvalue weighted by atomic mass is 10.2. The number of fused-ring (bicyclic) bond motifs is 1. The quantitative estimate of drug-likeness (QED) is 0.850. The molecule has 1 atom stereocenters. The highest BCUT2D eigenvalue weighted by atomic mass is 16.5. The third-order valence-corrected chi connectivity index (χ3v) is 3.22. The minimum Gasteiger partial charge on any atom is -0.385 e. The average molecular weight is 247 g/mol. The summed E-state index contributed by atoms with van der Waals surface area (Å²) in [6.07, 6.45) is 1.79. The molecule has 0 aliphatic heterocycles. The van der Waals surface area contributed by atoms with Crippen molar-refractivity contribution in [2.75, 3.05) is 20.3 Å². The van der Waals surface area contributed by atoms with E-state index in [-0.39, 0.29) is 0 Å². The SMILES string of the molecule is COCCC(C)n1c(CCN)nc2ccccc21. The Labute approximate surface area is 108 Å². The second kappa shape index (κ2) is 5.98. The van der Waals surface area contributed by atoms with Crippen molar-refractivity contribution in [3.63, 3.8) is 0 Å². The van der Waals surface area contributed by atoms with E-state index in [1.54, 1.807) is 7.11 Å². The summed E-state index contributed by atoms with van der Waals surface area (Å²) in [5, 5.41) is 0. The summed E-state index contributed by atoms with van der Waals surface area (Å²) in [6, 6.07) is 8.61. The molecule has 98 valence electrons. The van der Waals surface area contributed by atoms with Gasteiger partial charge >= 0.3 is 0 Å². The van der Waals surface area contributed by atoms with Crippen LogP contribution < -0.4 is 5.73 Å². The lowest BCUT2D eigenvalue weighted by Crippen LogP contribution is -2.14. The Balaban J connectivity index is 2.40. The van der Waals surface area contributed by atoms with Crippen LogP contribution in [-0.4, -0.2) is 29.8 Å². The second-order valence-corrected chi connectivity index (χ2v) is 4.56. The van der Waals surface area contributed by atoms with Crippen molar-refractivity contribution in [2.45, 2.75) is 25.8 Å². The van der Waals surface area contributed by atoms with Gasteiger partial charge in [-0.2, -0.15) is 0 Å². The standard InChI is InChI=1S/C14H21N3O/c1-11(8-10-18-2)17-13-6-4-3-5-12(13)16-14(17)7-9-15/h3-6,11H,7-10,15H2,1-2H3. The van der Waals surface area contributed by atoms with Crippen LogP contribution in [0.3, 0.4) is 0 Å². The molecule has 1 unspecified atom stereocenters. The Morgan fingerprint density at radius 2 is 2.17 bits per heavy atom. The number of hydrogen-bond acceptors (Lipinski definition) is 3. The van der Waals surface area contributed by atoms with E-state index in [4.69, 9.17) is 10.5 Å². The van der Waals surface area contributed by atoms with E-state index >= 15 is 0 Å². The van der Waals surface area contributed by atoms with Crippen molar-refractivity contribution in [3.8, 4) is 0 Å². The van der Waals surface area contributed by atoms with Crippen LogP contribution in [0.15, 0.2) is 24.3 Å². The van der Waals surface area contributed by atoms with Crippen molar-refractivity contribution in [1.29, 1.82) is 0 Å². The summed E-state index contributed by atoms with van der Waals surface area (Å²) in [4.78, 5) is 4.67. The second-order valence-electron chi connectivity index (χ2n) is 4.56. The van der Waals surface area contributed by atoms with E-state index in [2.05, 4.69) is 34.7 Å². The molecule has 0 spiro atoms. The monoisotopic (exact) mass is 247 g/mol. The van der Waals surface area contributed by atoms with Gasteiger partial charge in [-0.15, -0.1) is 0 Å². The lowest BCUT2D eigenvalue weighted by molar-refractivity contribution is 0.181. The maximum atomic E-state index is 5.67. The van der Waals surface area contributed by atoms with Gasteiger partial charge in [0.15, 0.2) is 0 Å². The third kappa shape index (κ3) is 2.54. The Kier molecular flexibility index (Phi) is 4.33. The minimum atomic E-state index is 0.374. The number of methoxy groups -OCH3 is 1. The van der Waals surface area contributed by atoms with Crippen LogP contribution in [0.25, 0.3) is 11.0 Å². The molecular weight excluding hydrogens is 226 g/mol. The molecule has 0 radical (unpaired) electrons. The van der Waals surface area contributed by atoms with Crippen LogP contribution in [-0.2, 0) is 11.2 Å². The highest BCUT2D eigenvalue weighted by molar-refractivity contribution is 5.76. The number of rotatable bonds is 6. The summed E-state index contributed by atoms with van der Waals surface area (Å²) >= 11 is 0. The summed E-state index contributed by atoms with van der Waals surface area (Å²) in [6.45, 7) is 3.59. The van der Waals surface area contributed by atoms with Crippen LogP contribution in [0.4, 0.5) is 0 Å². The van der Waals surface area contributed by atoms with Gasteiger partial charge in [0.25, 0.3) is 0 Å². The first-order valence-electron chi connectivity index (χ1n) is 6.42. The zero-order valence-corrected chi connectivity index (χ0v) is 11.1. The van der Waals surface area contributed by atoms with Crippen LogP contribution in [0, 0.1) is 0 Å². The molecule has 0 aliphatic carbocycles. The first-order valence-corrected chi connectivity index (χ1v) is 6.42. The maximum absolute atomic E-state index is 5.67. The number of hydrogen-bond donors (Lipinski definition) is 1. The van der Waals surface area contributed by atoms with Crippen LogP contribution in [0.5, 0.6) is 0 Å². The molecule has 0 aliphatic rings. The Morgan fingerprint density at radius 3 is 2.89 bits per heavy atom. The number of nitrogens with two attached hydrogens (primary N) is 1. The number of aromatic nitrogens is 2. The first kappa shape index (κ1) is 13.1. The van der Waals surface area contributed by atoms with Gasteiger partial charge in [-0.1, -0.05) is 12.1 Å². The smallest absolute Gasteiger partial charge is 0.111 e. The molecule has 1 heterocycles. The van der Waals surface area contributed by atoms with Gasteiger partial charge in [0, 0.05) is 26.2 Å². The molecule has 4 heteroatoms. The van der Waals surface area contributed by atoms with Gasteiger partial charge < -0.3 is 15.0 Å². The molecule has 0 saturated carbocycles. The Bertz CT molecular complexity index is 507. The maximum Gasteiger partial charge on any atom is 0.111 e. The predicted octanol–water partition coefficient (Wildman–Crippen LogP) is 2.13. The minimum absolute atomic E-state index is 0.374. The number of ether oxygens (including phenoxy) is 1. The summed E-state index contributed by atoms with van der Waals surface area (Å²) < 4.78 is 7.46. The molecule has 0 bridgehead atoms. The molecule has 4 nitrogen and oxygen atoms in total. The lowest BCUT2D eigenvalue weighted by Gasteiger charge is -2.17. The average Bonchev–Trinajstić information content (AvgIpc) is 2.74. The normalized spacial score (nSPS) is 13.1. The van der Waals surface area contributed by atoms with Gasteiger partial charge in [-0.05, 0) is 32.0 Å². The fourth-order valence-corrected chi connectivity index (χ4v) is 2.31. The van der Waals surface area contributed by atoms with Crippen LogP contribution in [0.1, 0.15) is 25.2 Å². The molecule has 1 aromatic carbocycles. The Hall–Kier alpha value is -1.39. The fourth-order valence-electron chi connectivity index (χ4n) is 2.31.